The Hall–Kier alpha value is -1.06. The van der Waals surface area contributed by atoms with Crippen molar-refractivity contribution in [3.05, 3.63) is 29.8 Å². The van der Waals surface area contributed by atoms with Crippen LogP contribution in [0.4, 0.5) is 0 Å². The summed E-state index contributed by atoms with van der Waals surface area (Å²) in [5, 5.41) is 3.36. The fraction of sp³-hybridized carbons (Fsp3) is 0.625. The number of benzene rings is 1. The zero-order valence-electron chi connectivity index (χ0n) is 12.4. The number of hydrogen-bond donors (Lipinski definition) is 1. The molecule has 3 heteroatoms. The normalized spacial score (nSPS) is 22.2. The zero-order valence-corrected chi connectivity index (χ0v) is 12.4. The van der Waals surface area contributed by atoms with E-state index in [0.29, 0.717) is 5.92 Å². The van der Waals surface area contributed by atoms with Crippen molar-refractivity contribution in [1.29, 1.82) is 0 Å². The predicted molar refractivity (Wildman–Crippen MR) is 79.9 cm³/mol. The smallest absolute Gasteiger partial charge is 0.118 e. The average molecular weight is 262 g/mol. The summed E-state index contributed by atoms with van der Waals surface area (Å²) >= 11 is 0. The molecule has 2 unspecified atom stereocenters. The largest absolute Gasteiger partial charge is 0.497 e. The molecule has 0 radical (unpaired) electrons. The van der Waals surface area contributed by atoms with E-state index in [9.17, 15) is 0 Å². The van der Waals surface area contributed by atoms with Gasteiger partial charge in [-0.1, -0.05) is 12.1 Å². The average Bonchev–Trinajstić information content (AvgIpc) is 2.45. The fourth-order valence-electron chi connectivity index (χ4n) is 3.16. The summed E-state index contributed by atoms with van der Waals surface area (Å²) in [5.41, 5.74) is 1.43. The van der Waals surface area contributed by atoms with Crippen LogP contribution < -0.4 is 10.1 Å². The van der Waals surface area contributed by atoms with Crippen LogP contribution in [0.25, 0.3) is 0 Å². The van der Waals surface area contributed by atoms with Gasteiger partial charge in [-0.25, -0.2) is 0 Å². The van der Waals surface area contributed by atoms with E-state index >= 15 is 0 Å². The van der Waals surface area contributed by atoms with Crippen LogP contribution >= 0.6 is 0 Å². The Balaban J connectivity index is 2.13. The summed E-state index contributed by atoms with van der Waals surface area (Å²) in [5.74, 6) is 2.28. The summed E-state index contributed by atoms with van der Waals surface area (Å²) in [6.45, 7) is 3.49. The van der Waals surface area contributed by atoms with Gasteiger partial charge < -0.3 is 15.0 Å². The van der Waals surface area contributed by atoms with Gasteiger partial charge in [-0.05, 0) is 57.1 Å². The summed E-state index contributed by atoms with van der Waals surface area (Å²) < 4.78 is 5.25. The van der Waals surface area contributed by atoms with Crippen LogP contribution in [0, 0.1) is 5.92 Å². The van der Waals surface area contributed by atoms with Crippen molar-refractivity contribution in [1.82, 2.24) is 10.2 Å². The number of rotatable bonds is 5. The van der Waals surface area contributed by atoms with E-state index in [2.05, 4.69) is 41.5 Å². The first-order chi connectivity index (χ1) is 9.24. The molecule has 19 heavy (non-hydrogen) atoms. The zero-order chi connectivity index (χ0) is 13.7. The Labute approximate surface area is 116 Å². The van der Waals surface area contributed by atoms with Gasteiger partial charge in [0.05, 0.1) is 7.11 Å². The lowest BCUT2D eigenvalue weighted by Gasteiger charge is -2.35. The number of piperidine rings is 1. The summed E-state index contributed by atoms with van der Waals surface area (Å²) in [6.07, 6.45) is 2.65. The van der Waals surface area contributed by atoms with Gasteiger partial charge in [0.15, 0.2) is 0 Å². The molecule has 1 aliphatic rings. The quantitative estimate of drug-likeness (QED) is 0.881. The third-order valence-electron chi connectivity index (χ3n) is 4.20. The molecular formula is C16H26N2O. The number of nitrogens with zero attached hydrogens (tertiary/aromatic N) is 1. The second-order valence-electron chi connectivity index (χ2n) is 5.60. The van der Waals surface area contributed by atoms with Crippen LogP contribution in [0.2, 0.25) is 0 Å². The minimum Gasteiger partial charge on any atom is -0.497 e. The van der Waals surface area contributed by atoms with E-state index in [0.717, 1.165) is 18.2 Å². The molecule has 1 aromatic rings. The lowest BCUT2D eigenvalue weighted by molar-refractivity contribution is 0.186. The van der Waals surface area contributed by atoms with Crippen molar-refractivity contribution in [2.45, 2.75) is 18.8 Å². The minimum absolute atomic E-state index is 0.596. The van der Waals surface area contributed by atoms with Crippen LogP contribution in [0.5, 0.6) is 5.75 Å². The first-order valence-electron chi connectivity index (χ1n) is 7.21. The van der Waals surface area contributed by atoms with Crippen LogP contribution in [0.15, 0.2) is 24.3 Å². The molecule has 3 nitrogen and oxygen atoms in total. The van der Waals surface area contributed by atoms with Crippen LogP contribution in [0.3, 0.4) is 0 Å². The second kappa shape index (κ2) is 6.92. The summed E-state index contributed by atoms with van der Waals surface area (Å²) in [6, 6.07) is 8.58. The lowest BCUT2D eigenvalue weighted by atomic mass is 9.81. The maximum absolute atomic E-state index is 5.25. The minimum atomic E-state index is 0.596. The number of ether oxygens (including phenoxy) is 1. The first kappa shape index (κ1) is 14.4. The predicted octanol–water partition coefficient (Wildman–Crippen LogP) is 2.34. The van der Waals surface area contributed by atoms with Gasteiger partial charge in [0.2, 0.25) is 0 Å². The van der Waals surface area contributed by atoms with E-state index in [1.165, 1.54) is 31.5 Å². The number of methoxy groups -OCH3 is 1. The Morgan fingerprint density at radius 3 is 2.68 bits per heavy atom. The van der Waals surface area contributed by atoms with Crippen LogP contribution in [0.1, 0.15) is 24.3 Å². The molecule has 0 aromatic heterocycles. The van der Waals surface area contributed by atoms with Gasteiger partial charge in [-0.2, -0.15) is 0 Å². The highest BCUT2D eigenvalue weighted by Gasteiger charge is 2.26. The van der Waals surface area contributed by atoms with Crippen molar-refractivity contribution >= 4 is 0 Å². The molecule has 1 saturated heterocycles. The van der Waals surface area contributed by atoms with Gasteiger partial charge in [0.1, 0.15) is 5.75 Å². The molecule has 106 valence electrons. The van der Waals surface area contributed by atoms with Crippen molar-refractivity contribution in [3.63, 3.8) is 0 Å². The standard InChI is InChI=1S/C16H26N2O/c1-17-11-16(14-5-4-10-18(2)12-14)13-6-8-15(19-3)9-7-13/h6-9,14,16-17H,4-5,10-12H2,1-3H3. The number of likely N-dealkylation sites (N-methyl/N-ethyl adjacent to an activating group) is 1. The molecule has 0 bridgehead atoms. The molecule has 1 fully saturated rings. The number of nitrogens with one attached hydrogen (secondary N) is 1. The fourth-order valence-corrected chi connectivity index (χ4v) is 3.16. The Morgan fingerprint density at radius 2 is 2.11 bits per heavy atom. The highest BCUT2D eigenvalue weighted by Crippen LogP contribution is 2.31. The monoisotopic (exact) mass is 262 g/mol. The van der Waals surface area contributed by atoms with Gasteiger partial charge in [0, 0.05) is 19.0 Å². The highest BCUT2D eigenvalue weighted by atomic mass is 16.5. The van der Waals surface area contributed by atoms with Crippen molar-refractivity contribution in [2.75, 3.05) is 40.8 Å². The van der Waals surface area contributed by atoms with Crippen molar-refractivity contribution < 1.29 is 4.74 Å². The molecule has 2 rings (SSSR count). The van der Waals surface area contributed by atoms with Crippen molar-refractivity contribution in [3.8, 4) is 5.75 Å². The molecule has 0 spiro atoms. The third-order valence-corrected chi connectivity index (χ3v) is 4.20. The Bertz CT molecular complexity index is 377. The van der Waals surface area contributed by atoms with E-state index in [1.54, 1.807) is 7.11 Å². The van der Waals surface area contributed by atoms with Gasteiger partial charge >= 0.3 is 0 Å². The maximum Gasteiger partial charge on any atom is 0.118 e. The third kappa shape index (κ3) is 3.71. The molecular weight excluding hydrogens is 236 g/mol. The number of likely N-dealkylation sites (tertiary alicyclic amines) is 1. The molecule has 1 aromatic carbocycles. The van der Waals surface area contributed by atoms with Gasteiger partial charge in [0.25, 0.3) is 0 Å². The first-order valence-corrected chi connectivity index (χ1v) is 7.21. The van der Waals surface area contributed by atoms with E-state index in [4.69, 9.17) is 4.74 Å². The molecule has 2 atom stereocenters. The maximum atomic E-state index is 5.25. The number of hydrogen-bond acceptors (Lipinski definition) is 3. The topological polar surface area (TPSA) is 24.5 Å². The van der Waals surface area contributed by atoms with E-state index in [-0.39, 0.29) is 0 Å². The SMILES string of the molecule is CNCC(c1ccc(OC)cc1)C1CCCN(C)C1. The summed E-state index contributed by atoms with van der Waals surface area (Å²) in [7, 11) is 6.00. The highest BCUT2D eigenvalue weighted by molar-refractivity contribution is 5.30. The molecule has 1 heterocycles. The van der Waals surface area contributed by atoms with E-state index in [1.807, 2.05) is 7.05 Å². The van der Waals surface area contributed by atoms with Crippen molar-refractivity contribution in [2.24, 2.45) is 5.92 Å². The Morgan fingerprint density at radius 1 is 1.37 bits per heavy atom. The van der Waals surface area contributed by atoms with Crippen LogP contribution in [-0.2, 0) is 0 Å². The molecule has 0 aliphatic carbocycles. The van der Waals surface area contributed by atoms with Gasteiger partial charge in [-0.3, -0.25) is 0 Å². The Kier molecular flexibility index (Phi) is 5.23. The second-order valence-corrected chi connectivity index (χ2v) is 5.60. The van der Waals surface area contributed by atoms with Gasteiger partial charge in [-0.15, -0.1) is 0 Å². The molecule has 1 aliphatic heterocycles. The molecule has 1 N–H and O–H groups in total. The van der Waals surface area contributed by atoms with E-state index < -0.39 is 0 Å². The summed E-state index contributed by atoms with van der Waals surface area (Å²) in [4.78, 5) is 2.46. The molecule has 0 saturated carbocycles. The van der Waals surface area contributed by atoms with Crippen LogP contribution in [-0.4, -0.2) is 45.7 Å². The molecule has 0 amide bonds. The lowest BCUT2D eigenvalue weighted by Crippen LogP contribution is -2.37.